The summed E-state index contributed by atoms with van der Waals surface area (Å²) in [6, 6.07) is 6.13. The number of aliphatic carboxylic acids is 1. The highest BCUT2D eigenvalue weighted by Gasteiger charge is 2.17. The van der Waals surface area contributed by atoms with E-state index in [4.69, 9.17) is 5.11 Å². The molecule has 0 unspecified atom stereocenters. The lowest BCUT2D eigenvalue weighted by molar-refractivity contribution is -0.133. The summed E-state index contributed by atoms with van der Waals surface area (Å²) in [6.07, 6.45) is 0.941. The van der Waals surface area contributed by atoms with E-state index in [-0.39, 0.29) is 5.75 Å². The lowest BCUT2D eigenvalue weighted by Gasteiger charge is -2.12. The van der Waals surface area contributed by atoms with Gasteiger partial charge < -0.3 is 9.67 Å². The van der Waals surface area contributed by atoms with Crippen molar-refractivity contribution in [3.63, 3.8) is 0 Å². The van der Waals surface area contributed by atoms with Crippen molar-refractivity contribution in [1.29, 1.82) is 0 Å². The molecule has 21 heavy (non-hydrogen) atoms. The van der Waals surface area contributed by atoms with Gasteiger partial charge in [-0.25, -0.2) is 0 Å². The predicted octanol–water partition coefficient (Wildman–Crippen LogP) is 3.15. The fourth-order valence-corrected chi connectivity index (χ4v) is 2.98. The Labute approximate surface area is 128 Å². The van der Waals surface area contributed by atoms with Crippen LogP contribution in [0.4, 0.5) is 0 Å². The Bertz CT molecular complexity index is 632. The molecule has 0 aliphatic rings. The van der Waals surface area contributed by atoms with E-state index in [1.807, 2.05) is 10.6 Å². The highest BCUT2D eigenvalue weighted by atomic mass is 32.2. The third kappa shape index (κ3) is 3.44. The normalized spacial score (nSPS) is 10.8. The van der Waals surface area contributed by atoms with Crippen LogP contribution in [0.2, 0.25) is 0 Å². The second kappa shape index (κ2) is 6.76. The van der Waals surface area contributed by atoms with Crippen molar-refractivity contribution in [2.75, 3.05) is 5.75 Å². The van der Waals surface area contributed by atoms with Crippen molar-refractivity contribution in [2.45, 2.75) is 38.9 Å². The smallest absolute Gasteiger partial charge is 0.313 e. The van der Waals surface area contributed by atoms with Crippen LogP contribution in [0.1, 0.15) is 24.5 Å². The minimum absolute atomic E-state index is 0.00536. The summed E-state index contributed by atoms with van der Waals surface area (Å²) in [5.74, 6) is -0.0331. The van der Waals surface area contributed by atoms with Gasteiger partial charge in [-0.15, -0.1) is 10.2 Å². The molecule has 5 nitrogen and oxygen atoms in total. The standard InChI is InChI=1S/C15H19N3O2S/c1-4-8-18-14(13-10(2)6-5-7-11(13)3)16-17-15(18)21-9-12(19)20/h5-7H,4,8-9H2,1-3H3,(H,19,20). The zero-order valence-corrected chi connectivity index (χ0v) is 13.3. The van der Waals surface area contributed by atoms with Crippen molar-refractivity contribution in [2.24, 2.45) is 0 Å². The number of carbonyl (C=O) groups is 1. The number of rotatable bonds is 6. The number of carboxylic acids is 1. The molecular formula is C15H19N3O2S. The highest BCUT2D eigenvalue weighted by molar-refractivity contribution is 7.99. The quantitative estimate of drug-likeness (QED) is 0.830. The van der Waals surface area contributed by atoms with Crippen molar-refractivity contribution in [3.8, 4) is 11.4 Å². The molecule has 0 aliphatic carbocycles. The van der Waals surface area contributed by atoms with E-state index in [0.29, 0.717) is 5.16 Å². The molecule has 0 spiro atoms. The predicted molar refractivity (Wildman–Crippen MR) is 83.6 cm³/mol. The van der Waals surface area contributed by atoms with Gasteiger partial charge in [-0.05, 0) is 31.4 Å². The average molecular weight is 305 g/mol. The molecule has 1 N–H and O–H groups in total. The van der Waals surface area contributed by atoms with Gasteiger partial charge in [-0.2, -0.15) is 0 Å². The van der Waals surface area contributed by atoms with Crippen LogP contribution < -0.4 is 0 Å². The molecule has 1 aromatic carbocycles. The molecule has 0 aliphatic heterocycles. The van der Waals surface area contributed by atoms with E-state index in [9.17, 15) is 4.79 Å². The second-order valence-electron chi connectivity index (χ2n) is 4.91. The maximum absolute atomic E-state index is 10.7. The maximum Gasteiger partial charge on any atom is 0.313 e. The van der Waals surface area contributed by atoms with E-state index in [0.717, 1.165) is 35.5 Å². The Morgan fingerprint density at radius 1 is 1.29 bits per heavy atom. The Hall–Kier alpha value is -1.82. The van der Waals surface area contributed by atoms with Gasteiger partial charge in [0.2, 0.25) is 0 Å². The Kier molecular flexibility index (Phi) is 5.01. The Balaban J connectivity index is 2.46. The third-order valence-corrected chi connectivity index (χ3v) is 4.15. The molecule has 0 amide bonds. The fraction of sp³-hybridized carbons (Fsp3) is 0.400. The van der Waals surface area contributed by atoms with Crippen LogP contribution in [0, 0.1) is 13.8 Å². The van der Waals surface area contributed by atoms with Crippen LogP contribution in [-0.2, 0) is 11.3 Å². The monoisotopic (exact) mass is 305 g/mol. The Morgan fingerprint density at radius 2 is 1.95 bits per heavy atom. The molecule has 112 valence electrons. The minimum atomic E-state index is -0.848. The average Bonchev–Trinajstić information content (AvgIpc) is 2.80. The summed E-state index contributed by atoms with van der Waals surface area (Å²) in [5, 5.41) is 18.0. The molecule has 6 heteroatoms. The zero-order chi connectivity index (χ0) is 15.4. The largest absolute Gasteiger partial charge is 0.481 e. The first kappa shape index (κ1) is 15.6. The first-order valence-corrected chi connectivity index (χ1v) is 7.87. The third-order valence-electron chi connectivity index (χ3n) is 3.19. The molecule has 0 radical (unpaired) electrons. The number of hydrogen-bond donors (Lipinski definition) is 1. The lowest BCUT2D eigenvalue weighted by Crippen LogP contribution is -2.05. The molecule has 0 bridgehead atoms. The van der Waals surface area contributed by atoms with E-state index >= 15 is 0 Å². The van der Waals surface area contributed by atoms with Gasteiger partial charge in [0.15, 0.2) is 11.0 Å². The fourth-order valence-electron chi connectivity index (χ4n) is 2.30. The molecule has 0 atom stereocenters. The van der Waals surface area contributed by atoms with Crippen LogP contribution in [0.5, 0.6) is 0 Å². The number of hydrogen-bond acceptors (Lipinski definition) is 4. The van der Waals surface area contributed by atoms with E-state index in [2.05, 4.69) is 43.1 Å². The van der Waals surface area contributed by atoms with Crippen LogP contribution in [0.3, 0.4) is 0 Å². The molecule has 0 saturated heterocycles. The van der Waals surface area contributed by atoms with Gasteiger partial charge in [-0.3, -0.25) is 4.79 Å². The molecule has 1 heterocycles. The topological polar surface area (TPSA) is 68.0 Å². The van der Waals surface area contributed by atoms with Crippen molar-refractivity contribution in [3.05, 3.63) is 29.3 Å². The minimum Gasteiger partial charge on any atom is -0.481 e. The summed E-state index contributed by atoms with van der Waals surface area (Å²) < 4.78 is 2.02. The zero-order valence-electron chi connectivity index (χ0n) is 12.5. The lowest BCUT2D eigenvalue weighted by atomic mass is 10.0. The van der Waals surface area contributed by atoms with Crippen molar-refractivity contribution < 1.29 is 9.90 Å². The number of benzene rings is 1. The van der Waals surface area contributed by atoms with Crippen molar-refractivity contribution >= 4 is 17.7 Å². The van der Waals surface area contributed by atoms with Crippen molar-refractivity contribution in [1.82, 2.24) is 14.8 Å². The van der Waals surface area contributed by atoms with E-state index in [1.54, 1.807) is 0 Å². The molecule has 2 aromatic rings. The second-order valence-corrected chi connectivity index (χ2v) is 5.85. The number of nitrogens with zero attached hydrogens (tertiary/aromatic N) is 3. The van der Waals surface area contributed by atoms with Gasteiger partial charge in [0.1, 0.15) is 0 Å². The molecule has 1 aromatic heterocycles. The van der Waals surface area contributed by atoms with Gasteiger partial charge in [0.05, 0.1) is 5.75 Å². The molecule has 0 fully saturated rings. The van der Waals surface area contributed by atoms with Crippen LogP contribution in [0.15, 0.2) is 23.4 Å². The van der Waals surface area contributed by atoms with E-state index < -0.39 is 5.97 Å². The first-order chi connectivity index (χ1) is 10.0. The van der Waals surface area contributed by atoms with Crippen LogP contribution >= 0.6 is 11.8 Å². The number of aromatic nitrogens is 3. The van der Waals surface area contributed by atoms with Gasteiger partial charge in [0, 0.05) is 12.1 Å². The molecular weight excluding hydrogens is 286 g/mol. The van der Waals surface area contributed by atoms with E-state index in [1.165, 1.54) is 11.8 Å². The summed E-state index contributed by atoms with van der Waals surface area (Å²) in [4.78, 5) is 10.7. The summed E-state index contributed by atoms with van der Waals surface area (Å²) in [6.45, 7) is 6.97. The van der Waals surface area contributed by atoms with Gasteiger partial charge in [-0.1, -0.05) is 36.9 Å². The summed E-state index contributed by atoms with van der Waals surface area (Å²) in [7, 11) is 0. The number of carboxylic acid groups (broad SMARTS) is 1. The molecule has 0 saturated carbocycles. The number of thioether (sulfide) groups is 1. The van der Waals surface area contributed by atoms with Crippen LogP contribution in [-0.4, -0.2) is 31.6 Å². The van der Waals surface area contributed by atoms with Gasteiger partial charge >= 0.3 is 5.97 Å². The summed E-state index contributed by atoms with van der Waals surface area (Å²) in [5.41, 5.74) is 3.38. The highest BCUT2D eigenvalue weighted by Crippen LogP contribution is 2.29. The van der Waals surface area contributed by atoms with Gasteiger partial charge in [0.25, 0.3) is 0 Å². The number of aryl methyl sites for hydroxylation is 2. The SMILES string of the molecule is CCCn1c(SCC(=O)O)nnc1-c1c(C)cccc1C. The molecule has 2 rings (SSSR count). The first-order valence-electron chi connectivity index (χ1n) is 6.89. The maximum atomic E-state index is 10.7. The Morgan fingerprint density at radius 3 is 2.52 bits per heavy atom. The summed E-state index contributed by atoms with van der Waals surface area (Å²) >= 11 is 1.21. The van der Waals surface area contributed by atoms with Crippen LogP contribution in [0.25, 0.3) is 11.4 Å².